The zero-order chi connectivity index (χ0) is 18.3. The van der Waals surface area contributed by atoms with E-state index in [1.807, 2.05) is 0 Å². The van der Waals surface area contributed by atoms with Crippen molar-refractivity contribution in [2.24, 2.45) is 5.41 Å². The lowest BCUT2D eigenvalue weighted by molar-refractivity contribution is 0.0511. The van der Waals surface area contributed by atoms with E-state index in [9.17, 15) is 13.2 Å². The molecule has 1 aliphatic heterocycles. The number of methoxy groups -OCH3 is 1. The van der Waals surface area contributed by atoms with Crippen LogP contribution in [0.25, 0.3) is 0 Å². The molecule has 1 amide bonds. The van der Waals surface area contributed by atoms with Gasteiger partial charge >= 0.3 is 0 Å². The second kappa shape index (κ2) is 8.75. The second-order valence-corrected chi connectivity index (χ2v) is 8.16. The largest absolute Gasteiger partial charge is 0.384 e. The van der Waals surface area contributed by atoms with Crippen LogP contribution in [0, 0.1) is 5.41 Å². The van der Waals surface area contributed by atoms with Gasteiger partial charge in [0, 0.05) is 31.2 Å². The fraction of sp³-hybridized carbons (Fsp3) is 0.588. The summed E-state index contributed by atoms with van der Waals surface area (Å²) >= 11 is 0. The van der Waals surface area contributed by atoms with Gasteiger partial charge in [0.1, 0.15) is 0 Å². The van der Waals surface area contributed by atoms with E-state index in [-0.39, 0.29) is 16.2 Å². The minimum atomic E-state index is -3.50. The normalized spacial score (nSPS) is 17.2. The third-order valence-corrected chi connectivity index (χ3v) is 6.06. The molecule has 0 atom stereocenters. The van der Waals surface area contributed by atoms with Crippen LogP contribution in [0.2, 0.25) is 0 Å². The molecule has 0 aromatic heterocycles. The monoisotopic (exact) mass is 369 g/mol. The molecule has 0 spiro atoms. The lowest BCUT2D eigenvalue weighted by atomic mass is 9.79. The predicted octanol–water partition coefficient (Wildman–Crippen LogP) is 0.731. The van der Waals surface area contributed by atoms with Crippen molar-refractivity contribution in [1.29, 1.82) is 0 Å². The van der Waals surface area contributed by atoms with Crippen molar-refractivity contribution in [1.82, 2.24) is 15.4 Å². The number of benzene rings is 1. The van der Waals surface area contributed by atoms with Crippen LogP contribution >= 0.6 is 0 Å². The third-order valence-electron chi connectivity index (χ3n) is 4.50. The summed E-state index contributed by atoms with van der Waals surface area (Å²) in [6.07, 6.45) is 1.89. The van der Waals surface area contributed by atoms with Crippen LogP contribution in [-0.2, 0) is 14.8 Å². The molecule has 1 aromatic rings. The molecule has 1 aromatic carbocycles. The van der Waals surface area contributed by atoms with Gasteiger partial charge in [-0.15, -0.1) is 0 Å². The van der Waals surface area contributed by atoms with E-state index >= 15 is 0 Å². The predicted molar refractivity (Wildman–Crippen MR) is 96.1 cm³/mol. The zero-order valence-electron chi connectivity index (χ0n) is 14.8. The Morgan fingerprint density at radius 1 is 1.24 bits per heavy atom. The molecule has 0 bridgehead atoms. The minimum absolute atomic E-state index is 0.0516. The van der Waals surface area contributed by atoms with Gasteiger partial charge in [-0.3, -0.25) is 4.79 Å². The summed E-state index contributed by atoms with van der Waals surface area (Å²) in [7, 11) is -1.83. The first-order valence-electron chi connectivity index (χ1n) is 8.50. The average Bonchev–Trinajstić information content (AvgIpc) is 2.61. The zero-order valence-corrected chi connectivity index (χ0v) is 15.6. The van der Waals surface area contributed by atoms with Gasteiger partial charge in [-0.2, -0.15) is 0 Å². The Kier molecular flexibility index (Phi) is 6.95. The van der Waals surface area contributed by atoms with Crippen LogP contribution in [0.4, 0.5) is 0 Å². The van der Waals surface area contributed by atoms with E-state index < -0.39 is 10.0 Å². The molecule has 2 rings (SSSR count). The van der Waals surface area contributed by atoms with Gasteiger partial charge in [0.25, 0.3) is 5.91 Å². The Hall–Kier alpha value is -1.48. The van der Waals surface area contributed by atoms with Crippen molar-refractivity contribution in [3.05, 3.63) is 29.8 Å². The van der Waals surface area contributed by atoms with Crippen molar-refractivity contribution in [3.8, 4) is 0 Å². The number of sulfonamides is 1. The molecule has 1 aliphatic rings. The maximum absolute atomic E-state index is 12.4. The topological polar surface area (TPSA) is 96.5 Å². The standard InChI is InChI=1S/C17H27N3O4S/c1-3-20-25(22,23)15-6-4-14(5-7-15)16(21)19-12-17(13-24-2)8-10-18-11-9-17/h4-7,18,20H,3,8-13H2,1-2H3,(H,19,21). The van der Waals surface area contributed by atoms with Gasteiger partial charge in [-0.05, 0) is 50.2 Å². The molecule has 1 fully saturated rings. The smallest absolute Gasteiger partial charge is 0.251 e. The molecule has 140 valence electrons. The molecule has 0 unspecified atom stereocenters. The third kappa shape index (κ3) is 5.24. The number of hydrogen-bond donors (Lipinski definition) is 3. The molecule has 25 heavy (non-hydrogen) atoms. The lowest BCUT2D eigenvalue weighted by Crippen LogP contribution is -2.47. The van der Waals surface area contributed by atoms with E-state index in [1.54, 1.807) is 14.0 Å². The van der Waals surface area contributed by atoms with Gasteiger partial charge < -0.3 is 15.4 Å². The Bertz CT molecular complexity index is 662. The SMILES string of the molecule is CCNS(=O)(=O)c1ccc(C(=O)NCC2(COC)CCNCC2)cc1. The number of carbonyl (C=O) groups is 1. The molecule has 0 radical (unpaired) electrons. The molecular weight excluding hydrogens is 342 g/mol. The molecular formula is C17H27N3O4S. The Morgan fingerprint density at radius 3 is 2.44 bits per heavy atom. The van der Waals surface area contributed by atoms with Crippen LogP contribution in [-0.4, -0.2) is 54.2 Å². The highest BCUT2D eigenvalue weighted by Gasteiger charge is 2.32. The summed E-state index contributed by atoms with van der Waals surface area (Å²) in [5.41, 5.74) is 0.390. The maximum Gasteiger partial charge on any atom is 0.251 e. The van der Waals surface area contributed by atoms with Crippen LogP contribution in [0.3, 0.4) is 0 Å². The Balaban J connectivity index is 2.00. The summed E-state index contributed by atoms with van der Waals surface area (Å²) in [4.78, 5) is 12.5. The van der Waals surface area contributed by atoms with Gasteiger partial charge in [-0.1, -0.05) is 6.92 Å². The summed E-state index contributed by atoms with van der Waals surface area (Å²) in [6.45, 7) is 5.01. The Labute approximate surface area is 149 Å². The summed E-state index contributed by atoms with van der Waals surface area (Å²) < 4.78 is 31.6. The van der Waals surface area contributed by atoms with E-state index in [1.165, 1.54) is 24.3 Å². The quantitative estimate of drug-likeness (QED) is 0.628. The molecule has 1 heterocycles. The molecule has 7 nitrogen and oxygen atoms in total. The van der Waals surface area contributed by atoms with Crippen molar-refractivity contribution >= 4 is 15.9 Å². The second-order valence-electron chi connectivity index (χ2n) is 6.39. The van der Waals surface area contributed by atoms with E-state index in [0.717, 1.165) is 25.9 Å². The van der Waals surface area contributed by atoms with Gasteiger partial charge in [0.15, 0.2) is 0 Å². The highest BCUT2D eigenvalue weighted by atomic mass is 32.2. The molecule has 0 aliphatic carbocycles. The molecule has 1 saturated heterocycles. The fourth-order valence-corrected chi connectivity index (χ4v) is 4.11. The van der Waals surface area contributed by atoms with E-state index in [4.69, 9.17) is 4.74 Å². The highest BCUT2D eigenvalue weighted by molar-refractivity contribution is 7.89. The number of nitrogens with one attached hydrogen (secondary N) is 3. The van der Waals surface area contributed by atoms with E-state index in [0.29, 0.717) is 25.3 Å². The van der Waals surface area contributed by atoms with Gasteiger partial charge in [0.05, 0.1) is 11.5 Å². The van der Waals surface area contributed by atoms with Crippen LogP contribution < -0.4 is 15.4 Å². The van der Waals surface area contributed by atoms with Crippen LogP contribution in [0.5, 0.6) is 0 Å². The molecule has 0 saturated carbocycles. The first-order chi connectivity index (χ1) is 11.9. The van der Waals surface area contributed by atoms with Crippen LogP contribution in [0.1, 0.15) is 30.1 Å². The number of piperidine rings is 1. The minimum Gasteiger partial charge on any atom is -0.384 e. The summed E-state index contributed by atoms with van der Waals surface area (Å²) in [5, 5.41) is 6.28. The molecule has 8 heteroatoms. The fourth-order valence-electron chi connectivity index (χ4n) is 3.06. The maximum atomic E-state index is 12.4. The summed E-state index contributed by atoms with van der Waals surface area (Å²) in [5.74, 6) is -0.207. The van der Waals surface area contributed by atoms with E-state index in [2.05, 4.69) is 15.4 Å². The highest BCUT2D eigenvalue weighted by Crippen LogP contribution is 2.28. The van der Waals surface area contributed by atoms with Gasteiger partial charge in [0.2, 0.25) is 10.0 Å². The lowest BCUT2D eigenvalue weighted by Gasteiger charge is -2.37. The van der Waals surface area contributed by atoms with Crippen molar-refractivity contribution < 1.29 is 17.9 Å². The van der Waals surface area contributed by atoms with Gasteiger partial charge in [-0.25, -0.2) is 13.1 Å². The summed E-state index contributed by atoms with van der Waals surface area (Å²) in [6, 6.07) is 5.96. The number of rotatable bonds is 8. The van der Waals surface area contributed by atoms with Crippen molar-refractivity contribution in [2.75, 3.05) is 39.9 Å². The number of carbonyl (C=O) groups excluding carboxylic acids is 1. The molecule has 3 N–H and O–H groups in total. The number of ether oxygens (including phenoxy) is 1. The first-order valence-corrected chi connectivity index (χ1v) is 9.98. The average molecular weight is 369 g/mol. The number of hydrogen-bond acceptors (Lipinski definition) is 5. The van der Waals surface area contributed by atoms with Crippen molar-refractivity contribution in [3.63, 3.8) is 0 Å². The first kappa shape index (κ1) is 19.8. The Morgan fingerprint density at radius 2 is 1.88 bits per heavy atom. The van der Waals surface area contributed by atoms with Crippen LogP contribution in [0.15, 0.2) is 29.2 Å². The number of amides is 1. The van der Waals surface area contributed by atoms with Crippen molar-refractivity contribution in [2.45, 2.75) is 24.7 Å².